The largest absolute Gasteiger partial charge is 0.302 e. The normalized spacial score (nSPS) is 12.5. The van der Waals surface area contributed by atoms with E-state index in [9.17, 15) is 4.21 Å². The Hall–Kier alpha value is -0.910. The van der Waals surface area contributed by atoms with Gasteiger partial charge in [0.05, 0.1) is 17.7 Å². The van der Waals surface area contributed by atoms with Crippen molar-refractivity contribution < 1.29 is 13.6 Å². The fourth-order valence-electron chi connectivity index (χ4n) is 0.970. The van der Waals surface area contributed by atoms with Gasteiger partial charge in [0.25, 0.3) is 0 Å². The predicted molar refractivity (Wildman–Crippen MR) is 50.8 cm³/mol. The van der Waals surface area contributed by atoms with Crippen molar-refractivity contribution in [3.8, 4) is 0 Å². The highest BCUT2D eigenvalue weighted by Crippen LogP contribution is 2.17. The number of aryl methyl sites for hydroxylation is 1. The van der Waals surface area contributed by atoms with Crippen LogP contribution in [-0.2, 0) is 15.9 Å². The van der Waals surface area contributed by atoms with E-state index in [0.29, 0.717) is 10.6 Å². The topological polar surface area (TPSA) is 58.6 Å². The first-order chi connectivity index (χ1) is 6.15. The zero-order valence-corrected chi connectivity index (χ0v) is 8.22. The van der Waals surface area contributed by atoms with Gasteiger partial charge in [-0.3, -0.25) is 10.3 Å². The van der Waals surface area contributed by atoms with Crippen molar-refractivity contribution in [2.24, 2.45) is 0 Å². The van der Waals surface area contributed by atoms with Crippen LogP contribution < -0.4 is 5.48 Å². The second-order valence-electron chi connectivity index (χ2n) is 2.54. The Kier molecular flexibility index (Phi) is 3.41. The van der Waals surface area contributed by atoms with Gasteiger partial charge in [-0.05, 0) is 24.6 Å². The van der Waals surface area contributed by atoms with Gasteiger partial charge in [0.2, 0.25) is 0 Å². The molecule has 1 atom stereocenters. The van der Waals surface area contributed by atoms with Crippen molar-refractivity contribution in [2.45, 2.75) is 11.8 Å². The number of hydrogen-bond donors (Lipinski definition) is 2. The Labute approximate surface area is 79.2 Å². The van der Waals surface area contributed by atoms with Crippen molar-refractivity contribution in [1.82, 2.24) is 0 Å². The monoisotopic (exact) mass is 201 g/mol. The maximum Gasteiger partial charge on any atom is 0.186 e. The summed E-state index contributed by atoms with van der Waals surface area (Å²) in [5.41, 5.74) is 4.02. The van der Waals surface area contributed by atoms with E-state index in [2.05, 4.69) is 10.3 Å². The maximum absolute atomic E-state index is 10.8. The van der Waals surface area contributed by atoms with Crippen LogP contribution in [0.5, 0.6) is 0 Å². The molecule has 0 aromatic heterocycles. The van der Waals surface area contributed by atoms with Gasteiger partial charge in [0.15, 0.2) is 11.1 Å². The highest BCUT2D eigenvalue weighted by Gasteiger charge is 2.05. The van der Waals surface area contributed by atoms with Gasteiger partial charge < -0.3 is 4.55 Å². The minimum absolute atomic E-state index is 0.391. The quantitative estimate of drug-likeness (QED) is 0.575. The average Bonchev–Trinajstić information content (AvgIpc) is 2.08. The molecule has 0 aliphatic heterocycles. The summed E-state index contributed by atoms with van der Waals surface area (Å²) in [5, 5.41) is 0. The molecule has 0 amide bonds. The SMILES string of the molecule is CONc1ccc(C)c(S(=O)O)c1. The zero-order chi connectivity index (χ0) is 9.84. The molecule has 5 heteroatoms. The first-order valence-electron chi connectivity index (χ1n) is 3.65. The van der Waals surface area contributed by atoms with Crippen LogP contribution in [0, 0.1) is 6.92 Å². The highest BCUT2D eigenvalue weighted by molar-refractivity contribution is 7.79. The Morgan fingerprint density at radius 2 is 2.23 bits per heavy atom. The van der Waals surface area contributed by atoms with Gasteiger partial charge in [-0.25, -0.2) is 4.21 Å². The lowest BCUT2D eigenvalue weighted by molar-refractivity contribution is 0.271. The van der Waals surface area contributed by atoms with Gasteiger partial charge in [-0.15, -0.1) is 0 Å². The Bertz CT molecular complexity index is 327. The van der Waals surface area contributed by atoms with E-state index in [1.54, 1.807) is 25.1 Å². The van der Waals surface area contributed by atoms with Crippen LogP contribution in [0.25, 0.3) is 0 Å². The molecule has 0 saturated carbocycles. The summed E-state index contributed by atoms with van der Waals surface area (Å²) in [5.74, 6) is 0. The standard InChI is InChI=1S/C8H11NO3S/c1-6-3-4-7(9-12-2)5-8(6)13(10)11/h3-5,9H,1-2H3,(H,10,11). The molecule has 0 fully saturated rings. The van der Waals surface area contributed by atoms with Gasteiger partial charge in [0, 0.05) is 0 Å². The van der Waals surface area contributed by atoms with Gasteiger partial charge in [-0.2, -0.15) is 0 Å². The van der Waals surface area contributed by atoms with E-state index in [-0.39, 0.29) is 0 Å². The fourth-order valence-corrected chi connectivity index (χ4v) is 1.54. The molecular weight excluding hydrogens is 190 g/mol. The molecule has 1 aromatic rings. The van der Waals surface area contributed by atoms with Crippen molar-refractivity contribution in [3.63, 3.8) is 0 Å². The summed E-state index contributed by atoms with van der Waals surface area (Å²) in [4.78, 5) is 5.06. The molecule has 0 bridgehead atoms. The Morgan fingerprint density at radius 3 is 2.77 bits per heavy atom. The summed E-state index contributed by atoms with van der Waals surface area (Å²) < 4.78 is 19.7. The van der Waals surface area contributed by atoms with E-state index >= 15 is 0 Å². The number of rotatable bonds is 3. The lowest BCUT2D eigenvalue weighted by Gasteiger charge is -2.06. The van der Waals surface area contributed by atoms with Crippen LogP contribution in [0.2, 0.25) is 0 Å². The van der Waals surface area contributed by atoms with Crippen LogP contribution in [0.1, 0.15) is 5.56 Å². The second-order valence-corrected chi connectivity index (χ2v) is 3.47. The molecule has 0 radical (unpaired) electrons. The molecule has 4 nitrogen and oxygen atoms in total. The number of benzene rings is 1. The molecule has 1 rings (SSSR count). The molecular formula is C8H11NO3S. The van der Waals surface area contributed by atoms with Gasteiger partial charge in [-0.1, -0.05) is 6.07 Å². The van der Waals surface area contributed by atoms with E-state index in [1.807, 2.05) is 0 Å². The predicted octanol–water partition coefficient (Wildman–Crippen LogP) is 1.55. The summed E-state index contributed by atoms with van der Waals surface area (Å²) in [6, 6.07) is 5.11. The Balaban J connectivity index is 3.04. The van der Waals surface area contributed by atoms with Crippen LogP contribution in [0.15, 0.2) is 23.1 Å². The van der Waals surface area contributed by atoms with Crippen molar-refractivity contribution in [1.29, 1.82) is 0 Å². The molecule has 0 heterocycles. The molecule has 0 spiro atoms. The van der Waals surface area contributed by atoms with E-state index in [0.717, 1.165) is 5.56 Å². The lowest BCUT2D eigenvalue weighted by atomic mass is 10.2. The first-order valence-corrected chi connectivity index (χ1v) is 4.76. The molecule has 0 saturated heterocycles. The third-order valence-electron chi connectivity index (χ3n) is 1.60. The molecule has 72 valence electrons. The third-order valence-corrected chi connectivity index (χ3v) is 2.41. The molecule has 0 aliphatic carbocycles. The molecule has 13 heavy (non-hydrogen) atoms. The van der Waals surface area contributed by atoms with Crippen LogP contribution in [0.4, 0.5) is 5.69 Å². The lowest BCUT2D eigenvalue weighted by Crippen LogP contribution is -1.98. The molecule has 2 N–H and O–H groups in total. The van der Waals surface area contributed by atoms with E-state index in [1.165, 1.54) is 7.11 Å². The highest BCUT2D eigenvalue weighted by atomic mass is 32.2. The van der Waals surface area contributed by atoms with Crippen LogP contribution in [0.3, 0.4) is 0 Å². The van der Waals surface area contributed by atoms with Crippen LogP contribution in [-0.4, -0.2) is 15.9 Å². The second kappa shape index (κ2) is 4.36. The number of nitrogens with one attached hydrogen (secondary N) is 1. The van der Waals surface area contributed by atoms with Crippen molar-refractivity contribution in [2.75, 3.05) is 12.6 Å². The minimum Gasteiger partial charge on any atom is -0.302 e. The number of hydrogen-bond acceptors (Lipinski definition) is 3. The van der Waals surface area contributed by atoms with E-state index < -0.39 is 11.1 Å². The minimum atomic E-state index is -1.95. The average molecular weight is 201 g/mol. The maximum atomic E-state index is 10.8. The van der Waals surface area contributed by atoms with Crippen molar-refractivity contribution in [3.05, 3.63) is 23.8 Å². The smallest absolute Gasteiger partial charge is 0.186 e. The van der Waals surface area contributed by atoms with Gasteiger partial charge in [0.1, 0.15) is 0 Å². The third kappa shape index (κ3) is 2.51. The molecule has 1 unspecified atom stereocenters. The van der Waals surface area contributed by atoms with E-state index in [4.69, 9.17) is 4.55 Å². The molecule has 0 aliphatic rings. The molecule has 1 aromatic carbocycles. The first kappa shape index (κ1) is 10.2. The van der Waals surface area contributed by atoms with Gasteiger partial charge >= 0.3 is 0 Å². The fraction of sp³-hybridized carbons (Fsp3) is 0.250. The van der Waals surface area contributed by atoms with Crippen LogP contribution >= 0.6 is 0 Å². The summed E-state index contributed by atoms with van der Waals surface area (Å²) in [6.45, 7) is 1.78. The summed E-state index contributed by atoms with van der Waals surface area (Å²) in [7, 11) is 1.48. The Morgan fingerprint density at radius 1 is 1.54 bits per heavy atom. The zero-order valence-electron chi connectivity index (χ0n) is 7.40. The summed E-state index contributed by atoms with van der Waals surface area (Å²) >= 11 is -1.95. The number of anilines is 1. The summed E-state index contributed by atoms with van der Waals surface area (Å²) in [6.07, 6.45) is 0. The van der Waals surface area contributed by atoms with Crippen molar-refractivity contribution >= 4 is 16.8 Å².